The van der Waals surface area contributed by atoms with E-state index >= 15 is 0 Å². The molecule has 0 amide bonds. The molecule has 1 aromatic carbocycles. The molecule has 1 atom stereocenters. The van der Waals surface area contributed by atoms with Crippen LogP contribution in [0.5, 0.6) is 5.75 Å². The molecular weight excluding hydrogens is 340 g/mol. The summed E-state index contributed by atoms with van der Waals surface area (Å²) in [6, 6.07) is 11.1. The highest BCUT2D eigenvalue weighted by Crippen LogP contribution is 2.21. The molecule has 4 nitrogen and oxygen atoms in total. The number of nitrogens with zero attached hydrogens (tertiary/aromatic N) is 1. The first kappa shape index (κ1) is 15.2. The van der Waals surface area contributed by atoms with Crippen molar-refractivity contribution in [2.24, 2.45) is 0 Å². The van der Waals surface area contributed by atoms with Gasteiger partial charge in [0.15, 0.2) is 0 Å². The van der Waals surface area contributed by atoms with Crippen LogP contribution in [0, 0.1) is 0 Å². The summed E-state index contributed by atoms with van der Waals surface area (Å²) in [5.41, 5.74) is 6.33. The van der Waals surface area contributed by atoms with E-state index in [0.29, 0.717) is 17.2 Å². The Labute approximate surface area is 130 Å². The molecule has 0 aliphatic carbocycles. The minimum Gasteiger partial charge on any atom is -0.489 e. The Morgan fingerprint density at radius 1 is 1.30 bits per heavy atom. The highest BCUT2D eigenvalue weighted by atomic mass is 79.9. The van der Waals surface area contributed by atoms with Crippen molar-refractivity contribution in [2.45, 2.75) is 11.1 Å². The predicted octanol–water partition coefficient (Wildman–Crippen LogP) is 2.96. The van der Waals surface area contributed by atoms with Crippen molar-refractivity contribution < 1.29 is 9.84 Å². The molecule has 0 spiro atoms. The maximum Gasteiger partial charge on any atom is 0.142 e. The Balaban J connectivity index is 1.77. The molecule has 2 aromatic rings. The zero-order chi connectivity index (χ0) is 14.4. The van der Waals surface area contributed by atoms with Crippen LogP contribution in [0.2, 0.25) is 0 Å². The molecule has 0 saturated heterocycles. The van der Waals surface area contributed by atoms with Gasteiger partial charge in [-0.1, -0.05) is 12.1 Å². The number of aromatic nitrogens is 1. The van der Waals surface area contributed by atoms with Crippen molar-refractivity contribution in [1.82, 2.24) is 4.98 Å². The monoisotopic (exact) mass is 354 g/mol. The second-order valence-corrected chi connectivity index (χ2v) is 6.08. The Morgan fingerprint density at radius 3 is 2.80 bits per heavy atom. The van der Waals surface area contributed by atoms with E-state index in [-0.39, 0.29) is 6.61 Å². The summed E-state index contributed by atoms with van der Waals surface area (Å²) in [4.78, 5) is 4.23. The number of nitrogen functional groups attached to an aromatic ring is 1. The van der Waals surface area contributed by atoms with E-state index in [1.54, 1.807) is 18.3 Å². The maximum atomic E-state index is 9.89. The molecule has 20 heavy (non-hydrogen) atoms. The van der Waals surface area contributed by atoms with E-state index in [0.717, 1.165) is 9.50 Å². The van der Waals surface area contributed by atoms with Gasteiger partial charge in [0, 0.05) is 16.4 Å². The maximum absolute atomic E-state index is 9.89. The lowest BCUT2D eigenvalue weighted by molar-refractivity contribution is 0.127. The number of aliphatic hydroxyl groups excluding tert-OH is 1. The smallest absolute Gasteiger partial charge is 0.142 e. The van der Waals surface area contributed by atoms with E-state index < -0.39 is 6.10 Å². The number of aliphatic hydroxyl groups is 1. The Hall–Kier alpha value is -1.24. The summed E-state index contributed by atoms with van der Waals surface area (Å²) in [7, 11) is 0. The number of anilines is 1. The molecule has 1 unspecified atom stereocenters. The van der Waals surface area contributed by atoms with Crippen LogP contribution >= 0.6 is 27.7 Å². The average Bonchev–Trinajstić information content (AvgIpc) is 2.46. The molecule has 0 saturated carbocycles. The number of pyridine rings is 1. The summed E-state index contributed by atoms with van der Waals surface area (Å²) < 4.78 is 6.43. The van der Waals surface area contributed by atoms with Gasteiger partial charge in [0.1, 0.15) is 12.4 Å². The van der Waals surface area contributed by atoms with Crippen LogP contribution in [0.25, 0.3) is 0 Å². The standard InChI is InChI=1S/C14H15BrN2O2S/c15-10-5-6-14(17-7-10)20-9-11(18)8-19-13-4-2-1-3-12(13)16/h1-7,11,18H,8-9,16H2. The van der Waals surface area contributed by atoms with Crippen LogP contribution in [0.3, 0.4) is 0 Å². The molecule has 0 radical (unpaired) electrons. The van der Waals surface area contributed by atoms with Gasteiger partial charge in [0.05, 0.1) is 16.8 Å². The largest absolute Gasteiger partial charge is 0.489 e. The molecule has 0 aliphatic rings. The van der Waals surface area contributed by atoms with Crippen molar-refractivity contribution in [3.05, 3.63) is 47.1 Å². The van der Waals surface area contributed by atoms with E-state index in [2.05, 4.69) is 20.9 Å². The number of thioether (sulfide) groups is 1. The Bertz CT molecular complexity index is 551. The number of halogens is 1. The van der Waals surface area contributed by atoms with E-state index in [9.17, 15) is 5.11 Å². The first-order chi connectivity index (χ1) is 9.65. The molecule has 0 bridgehead atoms. The summed E-state index contributed by atoms with van der Waals surface area (Å²) >= 11 is 4.81. The average molecular weight is 355 g/mol. The quantitative estimate of drug-likeness (QED) is 0.616. The fraction of sp³-hybridized carbons (Fsp3) is 0.214. The van der Waals surface area contributed by atoms with Crippen molar-refractivity contribution in [3.8, 4) is 5.75 Å². The third-order valence-electron chi connectivity index (χ3n) is 2.47. The number of para-hydroxylation sites is 2. The third kappa shape index (κ3) is 4.70. The van der Waals surface area contributed by atoms with Gasteiger partial charge < -0.3 is 15.6 Å². The van der Waals surface area contributed by atoms with Crippen LogP contribution in [0.4, 0.5) is 5.69 Å². The van der Waals surface area contributed by atoms with Crippen LogP contribution in [0.1, 0.15) is 0 Å². The van der Waals surface area contributed by atoms with Gasteiger partial charge in [-0.2, -0.15) is 0 Å². The second kappa shape index (κ2) is 7.52. The second-order valence-electron chi connectivity index (χ2n) is 4.13. The van der Waals surface area contributed by atoms with E-state index in [1.807, 2.05) is 24.3 Å². The fourth-order valence-corrected chi connectivity index (χ4v) is 2.46. The lowest BCUT2D eigenvalue weighted by Crippen LogP contribution is -2.20. The molecule has 0 fully saturated rings. The number of benzene rings is 1. The van der Waals surface area contributed by atoms with Gasteiger partial charge in [0.2, 0.25) is 0 Å². The van der Waals surface area contributed by atoms with Crippen molar-refractivity contribution in [2.75, 3.05) is 18.1 Å². The zero-order valence-corrected chi connectivity index (χ0v) is 13.1. The van der Waals surface area contributed by atoms with Gasteiger partial charge in [0.25, 0.3) is 0 Å². The molecule has 0 aliphatic heterocycles. The molecular formula is C14H15BrN2O2S. The van der Waals surface area contributed by atoms with Crippen LogP contribution in [-0.2, 0) is 0 Å². The molecule has 3 N–H and O–H groups in total. The first-order valence-corrected chi connectivity index (χ1v) is 7.83. The number of hydrogen-bond acceptors (Lipinski definition) is 5. The lowest BCUT2D eigenvalue weighted by Gasteiger charge is -2.13. The number of hydrogen-bond donors (Lipinski definition) is 2. The SMILES string of the molecule is Nc1ccccc1OCC(O)CSc1ccc(Br)cn1. The van der Waals surface area contributed by atoms with E-state index in [1.165, 1.54) is 11.8 Å². The van der Waals surface area contributed by atoms with Crippen LogP contribution < -0.4 is 10.5 Å². The summed E-state index contributed by atoms with van der Waals surface area (Å²) in [5, 5.41) is 10.8. The van der Waals surface area contributed by atoms with Gasteiger partial charge in [-0.25, -0.2) is 4.98 Å². The minimum atomic E-state index is -0.579. The minimum absolute atomic E-state index is 0.206. The molecule has 106 valence electrons. The van der Waals surface area contributed by atoms with Gasteiger partial charge in [-0.3, -0.25) is 0 Å². The topological polar surface area (TPSA) is 68.4 Å². The first-order valence-electron chi connectivity index (χ1n) is 6.05. The number of nitrogens with two attached hydrogens (primary N) is 1. The number of rotatable bonds is 6. The van der Waals surface area contributed by atoms with Crippen LogP contribution in [0.15, 0.2) is 52.1 Å². The van der Waals surface area contributed by atoms with Gasteiger partial charge in [-0.15, -0.1) is 11.8 Å². The highest BCUT2D eigenvalue weighted by molar-refractivity contribution is 9.10. The normalized spacial score (nSPS) is 12.1. The number of ether oxygens (including phenoxy) is 1. The summed E-state index contributed by atoms with van der Waals surface area (Å²) in [6.45, 7) is 0.206. The molecule has 6 heteroatoms. The van der Waals surface area contributed by atoms with Crippen molar-refractivity contribution >= 4 is 33.4 Å². The highest BCUT2D eigenvalue weighted by Gasteiger charge is 2.08. The fourth-order valence-electron chi connectivity index (χ4n) is 1.48. The summed E-state index contributed by atoms with van der Waals surface area (Å²) in [5.74, 6) is 1.11. The zero-order valence-electron chi connectivity index (χ0n) is 10.7. The Morgan fingerprint density at radius 2 is 2.10 bits per heavy atom. The van der Waals surface area contributed by atoms with Crippen molar-refractivity contribution in [3.63, 3.8) is 0 Å². The third-order valence-corrected chi connectivity index (χ3v) is 4.03. The van der Waals surface area contributed by atoms with E-state index in [4.69, 9.17) is 10.5 Å². The predicted molar refractivity (Wildman–Crippen MR) is 85.0 cm³/mol. The molecule has 1 heterocycles. The van der Waals surface area contributed by atoms with Crippen molar-refractivity contribution in [1.29, 1.82) is 0 Å². The van der Waals surface area contributed by atoms with Crippen LogP contribution in [-0.4, -0.2) is 28.6 Å². The summed E-state index contributed by atoms with van der Waals surface area (Å²) in [6.07, 6.45) is 1.15. The van der Waals surface area contributed by atoms with Gasteiger partial charge >= 0.3 is 0 Å². The van der Waals surface area contributed by atoms with Gasteiger partial charge in [-0.05, 0) is 40.2 Å². The Kier molecular flexibility index (Phi) is 5.70. The molecule has 2 rings (SSSR count). The molecule has 1 aromatic heterocycles. The lowest BCUT2D eigenvalue weighted by atomic mass is 10.3.